The lowest BCUT2D eigenvalue weighted by Gasteiger charge is -2.33. The highest BCUT2D eigenvalue weighted by atomic mass is 35.5. The fourth-order valence-corrected chi connectivity index (χ4v) is 3.45. The van der Waals surface area contributed by atoms with Crippen LogP contribution in [0.15, 0.2) is 30.3 Å². The SMILES string of the molecule is Cc1nn(CC(C)C)c(Cl)c1C(=O)N1CCOC(c2ccccc2)C1. The maximum atomic E-state index is 13.0. The van der Waals surface area contributed by atoms with Gasteiger partial charge in [0.2, 0.25) is 0 Å². The minimum Gasteiger partial charge on any atom is -0.370 e. The van der Waals surface area contributed by atoms with Gasteiger partial charge in [0.25, 0.3) is 5.91 Å². The van der Waals surface area contributed by atoms with E-state index in [4.69, 9.17) is 16.3 Å². The summed E-state index contributed by atoms with van der Waals surface area (Å²) in [6.07, 6.45) is -0.108. The van der Waals surface area contributed by atoms with Crippen LogP contribution in [-0.2, 0) is 11.3 Å². The third-order valence-electron chi connectivity index (χ3n) is 4.34. The van der Waals surface area contributed by atoms with Gasteiger partial charge in [0.15, 0.2) is 0 Å². The summed E-state index contributed by atoms with van der Waals surface area (Å²) in [5.74, 6) is 0.340. The van der Waals surface area contributed by atoms with Crippen LogP contribution >= 0.6 is 11.6 Å². The van der Waals surface area contributed by atoms with E-state index < -0.39 is 0 Å². The van der Waals surface area contributed by atoms with Gasteiger partial charge in [-0.2, -0.15) is 5.10 Å². The first-order valence-corrected chi connectivity index (χ1v) is 9.04. The van der Waals surface area contributed by atoms with Crippen LogP contribution in [-0.4, -0.2) is 40.3 Å². The Balaban J connectivity index is 1.80. The van der Waals surface area contributed by atoms with Crippen LogP contribution in [0.3, 0.4) is 0 Å². The molecule has 0 bridgehead atoms. The van der Waals surface area contributed by atoms with E-state index in [1.807, 2.05) is 42.2 Å². The molecule has 1 aromatic carbocycles. The molecule has 1 aliphatic rings. The maximum Gasteiger partial charge on any atom is 0.259 e. The van der Waals surface area contributed by atoms with Crippen molar-refractivity contribution in [3.63, 3.8) is 0 Å². The molecule has 5 nitrogen and oxygen atoms in total. The molecule has 0 N–H and O–H groups in total. The average molecular weight is 362 g/mol. The Bertz CT molecular complexity index is 743. The minimum atomic E-state index is -0.108. The molecule has 1 unspecified atom stereocenters. The summed E-state index contributed by atoms with van der Waals surface area (Å²) >= 11 is 6.46. The fourth-order valence-electron chi connectivity index (χ4n) is 3.12. The zero-order chi connectivity index (χ0) is 18.0. The second-order valence-corrected chi connectivity index (χ2v) is 7.21. The summed E-state index contributed by atoms with van der Waals surface area (Å²) in [6, 6.07) is 9.99. The number of ether oxygens (including phenoxy) is 1. The number of halogens is 1. The Hall–Kier alpha value is -1.85. The lowest BCUT2D eigenvalue weighted by molar-refractivity contribution is -0.0228. The highest BCUT2D eigenvalue weighted by Crippen LogP contribution is 2.27. The van der Waals surface area contributed by atoms with Gasteiger partial charge in [-0.25, -0.2) is 0 Å². The molecule has 0 radical (unpaired) electrons. The third-order valence-corrected chi connectivity index (χ3v) is 4.73. The van der Waals surface area contributed by atoms with Crippen molar-refractivity contribution in [3.8, 4) is 0 Å². The molecule has 2 aromatic rings. The van der Waals surface area contributed by atoms with Gasteiger partial charge in [0.05, 0.1) is 24.4 Å². The summed E-state index contributed by atoms with van der Waals surface area (Å²) in [4.78, 5) is 14.9. The first-order valence-electron chi connectivity index (χ1n) is 8.66. The van der Waals surface area contributed by atoms with E-state index in [-0.39, 0.29) is 12.0 Å². The summed E-state index contributed by atoms with van der Waals surface area (Å²) < 4.78 is 7.58. The van der Waals surface area contributed by atoms with Crippen LogP contribution in [0.1, 0.15) is 41.6 Å². The first kappa shape index (κ1) is 18.0. The number of carbonyl (C=O) groups is 1. The molecule has 0 saturated carbocycles. The van der Waals surface area contributed by atoms with Gasteiger partial charge >= 0.3 is 0 Å². The first-order chi connectivity index (χ1) is 12.0. The van der Waals surface area contributed by atoms with Crippen molar-refractivity contribution in [2.75, 3.05) is 19.7 Å². The number of nitrogens with zero attached hydrogens (tertiary/aromatic N) is 3. The average Bonchev–Trinajstić information content (AvgIpc) is 2.88. The van der Waals surface area contributed by atoms with Crippen LogP contribution in [0.5, 0.6) is 0 Å². The number of aromatic nitrogens is 2. The van der Waals surface area contributed by atoms with Crippen molar-refractivity contribution >= 4 is 17.5 Å². The van der Waals surface area contributed by atoms with Gasteiger partial charge in [0.1, 0.15) is 11.3 Å². The van der Waals surface area contributed by atoms with E-state index in [0.29, 0.717) is 48.6 Å². The van der Waals surface area contributed by atoms with Crippen LogP contribution in [0.2, 0.25) is 5.15 Å². The monoisotopic (exact) mass is 361 g/mol. The second-order valence-electron chi connectivity index (χ2n) is 6.85. The summed E-state index contributed by atoms with van der Waals surface area (Å²) in [5, 5.41) is 4.88. The van der Waals surface area contributed by atoms with Gasteiger partial charge in [-0.3, -0.25) is 9.48 Å². The molecule has 1 aliphatic heterocycles. The van der Waals surface area contributed by atoms with E-state index in [9.17, 15) is 4.79 Å². The van der Waals surface area contributed by atoms with Crippen molar-refractivity contribution < 1.29 is 9.53 Å². The van der Waals surface area contributed by atoms with Crippen LogP contribution < -0.4 is 0 Å². The molecule has 6 heteroatoms. The Labute approximate surface area is 153 Å². The van der Waals surface area contributed by atoms with E-state index >= 15 is 0 Å². The number of carbonyl (C=O) groups excluding carboxylic acids is 1. The highest BCUT2D eigenvalue weighted by Gasteiger charge is 2.30. The van der Waals surface area contributed by atoms with Crippen molar-refractivity contribution in [1.29, 1.82) is 0 Å². The standard InChI is InChI=1S/C19H24ClN3O2/c1-13(2)11-23-18(20)17(14(3)21-23)19(24)22-9-10-25-16(12-22)15-7-5-4-6-8-15/h4-8,13,16H,9-12H2,1-3H3. The van der Waals surface area contributed by atoms with Gasteiger partial charge < -0.3 is 9.64 Å². The van der Waals surface area contributed by atoms with E-state index in [0.717, 1.165) is 5.56 Å². The lowest BCUT2D eigenvalue weighted by atomic mass is 10.1. The highest BCUT2D eigenvalue weighted by molar-refractivity contribution is 6.33. The molecule has 2 heterocycles. The molecule has 1 amide bonds. The van der Waals surface area contributed by atoms with E-state index in [1.54, 1.807) is 4.68 Å². The molecule has 0 aliphatic carbocycles. The van der Waals surface area contributed by atoms with Gasteiger partial charge in [0, 0.05) is 13.1 Å². The van der Waals surface area contributed by atoms with Crippen LogP contribution in [0.25, 0.3) is 0 Å². The van der Waals surface area contributed by atoms with Gasteiger partial charge in [-0.15, -0.1) is 0 Å². The molecule has 1 atom stereocenters. The van der Waals surface area contributed by atoms with Gasteiger partial charge in [-0.1, -0.05) is 55.8 Å². The van der Waals surface area contributed by atoms with E-state index in [2.05, 4.69) is 18.9 Å². The molecule has 1 fully saturated rings. The molecular weight excluding hydrogens is 338 g/mol. The predicted octanol–water partition coefficient (Wildman–Crippen LogP) is 3.71. The van der Waals surface area contributed by atoms with E-state index in [1.165, 1.54) is 0 Å². The number of rotatable bonds is 4. The normalized spacial score (nSPS) is 18.0. The number of amides is 1. The fraction of sp³-hybridized carbons (Fsp3) is 0.474. The zero-order valence-corrected chi connectivity index (χ0v) is 15.7. The number of benzene rings is 1. The third kappa shape index (κ3) is 3.88. The second kappa shape index (κ2) is 7.58. The molecule has 0 spiro atoms. The largest absolute Gasteiger partial charge is 0.370 e. The molecule has 1 saturated heterocycles. The molecular formula is C19H24ClN3O2. The summed E-state index contributed by atoms with van der Waals surface area (Å²) in [6.45, 7) is 8.33. The van der Waals surface area contributed by atoms with Gasteiger partial charge in [-0.05, 0) is 18.4 Å². The number of morpholine rings is 1. The smallest absolute Gasteiger partial charge is 0.259 e. The minimum absolute atomic E-state index is 0.0678. The molecule has 3 rings (SSSR count). The quantitative estimate of drug-likeness (QED) is 0.833. The lowest BCUT2D eigenvalue weighted by Crippen LogP contribution is -2.42. The van der Waals surface area contributed by atoms with Crippen LogP contribution in [0, 0.1) is 12.8 Å². The van der Waals surface area contributed by atoms with Crippen molar-refractivity contribution in [2.24, 2.45) is 5.92 Å². The Morgan fingerprint density at radius 3 is 2.76 bits per heavy atom. The maximum absolute atomic E-state index is 13.0. The van der Waals surface area contributed by atoms with Crippen LogP contribution in [0.4, 0.5) is 0 Å². The summed E-state index contributed by atoms with van der Waals surface area (Å²) in [7, 11) is 0. The van der Waals surface area contributed by atoms with Crippen molar-refractivity contribution in [3.05, 3.63) is 52.3 Å². The predicted molar refractivity (Wildman–Crippen MR) is 97.9 cm³/mol. The van der Waals surface area contributed by atoms with Crippen molar-refractivity contribution in [1.82, 2.24) is 14.7 Å². The Morgan fingerprint density at radius 2 is 2.08 bits per heavy atom. The molecule has 134 valence electrons. The zero-order valence-electron chi connectivity index (χ0n) is 14.9. The number of hydrogen-bond acceptors (Lipinski definition) is 3. The Morgan fingerprint density at radius 1 is 1.36 bits per heavy atom. The number of aryl methyl sites for hydroxylation is 1. The molecule has 1 aromatic heterocycles. The number of hydrogen-bond donors (Lipinski definition) is 0. The topological polar surface area (TPSA) is 47.4 Å². The summed E-state index contributed by atoms with van der Waals surface area (Å²) in [5.41, 5.74) is 2.27. The Kier molecular flexibility index (Phi) is 5.45. The van der Waals surface area contributed by atoms with Crippen molar-refractivity contribution in [2.45, 2.75) is 33.4 Å². The molecule has 25 heavy (non-hydrogen) atoms.